The normalized spacial score (nSPS) is 14.3. The third-order valence-electron chi connectivity index (χ3n) is 5.18. The van der Waals surface area contributed by atoms with Gasteiger partial charge in [-0.15, -0.1) is 0 Å². The lowest BCUT2D eigenvalue weighted by Gasteiger charge is -2.30. The molecule has 0 fully saturated rings. The number of H-pyrrole nitrogens is 1. The second-order valence-electron chi connectivity index (χ2n) is 7.04. The molecule has 1 N–H and O–H groups in total. The van der Waals surface area contributed by atoms with Crippen molar-refractivity contribution in [3.05, 3.63) is 62.4 Å². The van der Waals surface area contributed by atoms with Crippen molar-refractivity contribution in [2.75, 3.05) is 23.4 Å². The molecule has 3 aromatic rings. The number of nitrogens with one attached hydrogen (secondary N) is 1. The van der Waals surface area contributed by atoms with E-state index in [0.29, 0.717) is 42.8 Å². The van der Waals surface area contributed by atoms with Crippen LogP contribution in [0, 0.1) is 5.82 Å². The third-order valence-corrected chi connectivity index (χ3v) is 7.38. The van der Waals surface area contributed by atoms with Crippen LogP contribution in [0.3, 0.4) is 0 Å². The van der Waals surface area contributed by atoms with Crippen LogP contribution >= 0.6 is 40.0 Å². The Hall–Kier alpha value is -1.92. The fourth-order valence-corrected chi connectivity index (χ4v) is 5.27. The minimum Gasteiger partial charge on any atom is -0.363 e. The number of alkyl halides is 3. The van der Waals surface area contributed by atoms with Crippen LogP contribution in [-0.2, 0) is 19.1 Å². The first-order valence-corrected chi connectivity index (χ1v) is 13.6. The first kappa shape index (κ1) is 23.2. The molecule has 32 heavy (non-hydrogen) atoms. The molecule has 7 nitrogen and oxygen atoms in total. The lowest BCUT2D eigenvalue weighted by Crippen LogP contribution is -2.33. The second kappa shape index (κ2) is 8.79. The molecule has 170 valence electrons. The zero-order valence-corrected chi connectivity index (χ0v) is 20.3. The summed E-state index contributed by atoms with van der Waals surface area (Å²) in [5.41, 5.74) is 0.242. The number of hydrogen-bond acceptors (Lipinski definition) is 5. The van der Waals surface area contributed by atoms with Gasteiger partial charge in [-0.25, -0.2) is 8.84 Å². The van der Waals surface area contributed by atoms with Gasteiger partial charge in [0.15, 0.2) is 5.82 Å². The van der Waals surface area contributed by atoms with Crippen LogP contribution in [0.25, 0.3) is 0 Å². The lowest BCUT2D eigenvalue weighted by atomic mass is 10.0. The van der Waals surface area contributed by atoms with E-state index in [0.717, 1.165) is 17.7 Å². The Balaban J connectivity index is 1.65. The minimum absolute atomic E-state index is 0.0607. The molecule has 0 saturated heterocycles. The van der Waals surface area contributed by atoms with Crippen molar-refractivity contribution in [3.63, 3.8) is 0 Å². The fourth-order valence-electron chi connectivity index (χ4n) is 3.63. The van der Waals surface area contributed by atoms with Crippen molar-refractivity contribution in [1.29, 1.82) is 0 Å². The molecule has 1 aliphatic rings. The van der Waals surface area contributed by atoms with Crippen molar-refractivity contribution in [1.82, 2.24) is 19.7 Å². The molecular formula is C18H15ClF4IN6OP. The molecule has 1 aromatic carbocycles. The van der Waals surface area contributed by atoms with Crippen molar-refractivity contribution in [2.24, 2.45) is 0 Å². The molecule has 1 unspecified atom stereocenters. The van der Waals surface area contributed by atoms with E-state index in [1.807, 2.05) is 26.9 Å². The summed E-state index contributed by atoms with van der Waals surface area (Å²) in [5, 5.41) is 11.3. The number of benzene rings is 1. The highest BCUT2D eigenvalue weighted by molar-refractivity contribution is 14.2. The number of halogens is 6. The van der Waals surface area contributed by atoms with Crippen molar-refractivity contribution >= 4 is 57.2 Å². The van der Waals surface area contributed by atoms with Gasteiger partial charge in [0.25, 0.3) is 5.56 Å². The quantitative estimate of drug-likeness (QED) is 0.262. The summed E-state index contributed by atoms with van der Waals surface area (Å²) in [4.78, 5) is 15.5. The van der Waals surface area contributed by atoms with Gasteiger partial charge in [-0.1, -0.05) is 11.6 Å². The number of anilines is 3. The highest BCUT2D eigenvalue weighted by atomic mass is 127. The van der Waals surface area contributed by atoms with E-state index in [1.165, 1.54) is 22.6 Å². The molecule has 4 rings (SSSR count). The minimum atomic E-state index is -4.72. The Bertz CT molecular complexity index is 1230. The highest BCUT2D eigenvalue weighted by Crippen LogP contribution is 2.40. The van der Waals surface area contributed by atoms with E-state index in [1.54, 1.807) is 0 Å². The molecule has 0 bridgehead atoms. The predicted octanol–water partition coefficient (Wildman–Crippen LogP) is 4.90. The van der Waals surface area contributed by atoms with Gasteiger partial charge in [0.2, 0.25) is 0 Å². The maximum Gasteiger partial charge on any atom is 0.418 e. The largest absolute Gasteiger partial charge is 0.418 e. The number of aromatic amines is 1. The average molecular weight is 601 g/mol. The van der Waals surface area contributed by atoms with Gasteiger partial charge < -0.3 is 9.80 Å². The van der Waals surface area contributed by atoms with Crippen LogP contribution in [0.4, 0.5) is 34.8 Å². The van der Waals surface area contributed by atoms with E-state index < -0.39 is 17.6 Å². The zero-order chi connectivity index (χ0) is 23.2. The monoisotopic (exact) mass is 600 g/mol. The summed E-state index contributed by atoms with van der Waals surface area (Å²) in [5.74, 6) is -0.646. The molecular weight excluding hydrogens is 586 g/mol. The Morgan fingerprint density at radius 2 is 2.09 bits per heavy atom. The Kier molecular flexibility index (Phi) is 6.38. The molecule has 1 aliphatic heterocycles. The van der Waals surface area contributed by atoms with E-state index in [4.69, 9.17) is 11.6 Å². The van der Waals surface area contributed by atoms with Gasteiger partial charge in [0.1, 0.15) is 10.8 Å². The van der Waals surface area contributed by atoms with Crippen LogP contribution in [0.1, 0.15) is 16.8 Å². The van der Waals surface area contributed by atoms with Crippen LogP contribution in [0.5, 0.6) is 0 Å². The van der Waals surface area contributed by atoms with Crippen LogP contribution < -0.4 is 15.4 Å². The number of fused-ring (bicyclic) bond motifs is 1. The number of nitrogens with zero attached hydrogens (tertiary/aromatic N) is 5. The summed E-state index contributed by atoms with van der Waals surface area (Å²) in [7, 11) is 1.45. The standard InChI is InChI=1S/C18H15ClF4IN6OP/c1-28(13-3-2-9(20)6-11(13)18(21,22)23)16-10-4-5-29(8-12(10)26-27-16)14-7-25-30(32-24)17(31)15(14)19/h2-3,6-7,32H,4-5,8H2,1H3,(H,26,27). The van der Waals surface area contributed by atoms with Gasteiger partial charge in [0, 0.05) is 19.2 Å². The molecule has 2 aromatic heterocycles. The second-order valence-corrected chi connectivity index (χ2v) is 9.46. The van der Waals surface area contributed by atoms with E-state index in [2.05, 4.69) is 15.3 Å². The fraction of sp³-hybridized carbons (Fsp3) is 0.278. The highest BCUT2D eigenvalue weighted by Gasteiger charge is 2.36. The SMILES string of the molecule is CN(c1ccc(F)cc1C(F)(F)F)c1n[nH]c2c1CCN(c1cnn(PI)c(=O)c1Cl)C2. The number of hydrogen-bond donors (Lipinski definition) is 1. The molecule has 0 radical (unpaired) electrons. The molecule has 1 atom stereocenters. The maximum atomic E-state index is 13.5. The average Bonchev–Trinajstić information content (AvgIpc) is 3.17. The maximum absolute atomic E-state index is 13.5. The molecule has 0 aliphatic carbocycles. The first-order valence-electron chi connectivity index (χ1n) is 9.17. The van der Waals surface area contributed by atoms with Crippen LogP contribution in [-0.4, -0.2) is 33.3 Å². The predicted molar refractivity (Wildman–Crippen MR) is 124 cm³/mol. The van der Waals surface area contributed by atoms with Crippen molar-refractivity contribution in [3.8, 4) is 0 Å². The molecule has 0 spiro atoms. The summed E-state index contributed by atoms with van der Waals surface area (Å²) in [6.45, 7) is 0.781. The van der Waals surface area contributed by atoms with Gasteiger partial charge >= 0.3 is 6.18 Å². The Morgan fingerprint density at radius 3 is 2.78 bits per heavy atom. The van der Waals surface area contributed by atoms with Crippen LogP contribution in [0.2, 0.25) is 5.02 Å². The molecule has 0 saturated carbocycles. The van der Waals surface area contributed by atoms with Gasteiger partial charge in [-0.05, 0) is 46.7 Å². The number of rotatable bonds is 4. The van der Waals surface area contributed by atoms with E-state index in [9.17, 15) is 22.4 Å². The summed E-state index contributed by atoms with van der Waals surface area (Å²) < 4.78 is 55.1. The lowest BCUT2D eigenvalue weighted by molar-refractivity contribution is -0.137. The Labute approximate surface area is 199 Å². The molecule has 14 heteroatoms. The zero-order valence-electron chi connectivity index (χ0n) is 16.3. The summed E-state index contributed by atoms with van der Waals surface area (Å²) >= 11 is 8.29. The number of aromatic nitrogens is 4. The molecule has 3 heterocycles. The van der Waals surface area contributed by atoms with E-state index >= 15 is 0 Å². The summed E-state index contributed by atoms with van der Waals surface area (Å²) in [6.07, 6.45) is -2.63. The van der Waals surface area contributed by atoms with Crippen LogP contribution in [0.15, 0.2) is 29.2 Å². The smallest absolute Gasteiger partial charge is 0.363 e. The topological polar surface area (TPSA) is 70.1 Å². The first-order chi connectivity index (χ1) is 15.1. The summed E-state index contributed by atoms with van der Waals surface area (Å²) in [6, 6.07) is 2.54. The van der Waals surface area contributed by atoms with Gasteiger partial charge in [0.05, 0.1) is 41.7 Å². The van der Waals surface area contributed by atoms with Crippen molar-refractivity contribution in [2.45, 2.75) is 19.1 Å². The van der Waals surface area contributed by atoms with Crippen molar-refractivity contribution < 1.29 is 17.6 Å². The van der Waals surface area contributed by atoms with Gasteiger partial charge in [-0.3, -0.25) is 9.89 Å². The van der Waals surface area contributed by atoms with E-state index in [-0.39, 0.29) is 22.6 Å². The van der Waals surface area contributed by atoms with Gasteiger partial charge in [-0.2, -0.15) is 23.4 Å². The third kappa shape index (κ3) is 4.19. The Morgan fingerprint density at radius 1 is 1.34 bits per heavy atom. The molecule has 0 amide bonds.